The summed E-state index contributed by atoms with van der Waals surface area (Å²) in [6.45, 7) is 6.78. The second-order valence-corrected chi connectivity index (χ2v) is 5.75. The number of hydrogen-bond donors (Lipinski definition) is 1. The third-order valence-electron chi connectivity index (χ3n) is 3.93. The molecule has 1 heterocycles. The van der Waals surface area contributed by atoms with Crippen molar-refractivity contribution >= 4 is 16.8 Å². The molecule has 1 aliphatic rings. The number of carbonyl (C=O) groups excluding carboxylic acids is 1. The highest BCUT2D eigenvalue weighted by molar-refractivity contribution is 6.00. The first-order chi connectivity index (χ1) is 11.2. The summed E-state index contributed by atoms with van der Waals surface area (Å²) in [5.74, 6) is 0.768. The molecule has 1 aromatic carbocycles. The summed E-state index contributed by atoms with van der Waals surface area (Å²) in [4.78, 5) is 12.6. The molecule has 0 aliphatic heterocycles. The Bertz CT molecular complexity index is 754. The highest BCUT2D eigenvalue weighted by Crippen LogP contribution is 2.30. The molecule has 3 rings (SSSR count). The monoisotopic (exact) mass is 310 g/mol. The minimum atomic E-state index is -0.0112. The highest BCUT2D eigenvalue weighted by atomic mass is 16.5. The molecule has 1 fully saturated rings. The van der Waals surface area contributed by atoms with E-state index in [-0.39, 0.29) is 5.91 Å². The molecule has 0 spiro atoms. The van der Waals surface area contributed by atoms with Crippen LogP contribution in [0, 0.1) is 0 Å². The van der Waals surface area contributed by atoms with E-state index < -0.39 is 0 Å². The first-order valence-corrected chi connectivity index (χ1v) is 8.02. The van der Waals surface area contributed by atoms with Crippen LogP contribution in [0.25, 0.3) is 10.9 Å². The van der Waals surface area contributed by atoms with Crippen LogP contribution in [0.15, 0.2) is 49.1 Å². The van der Waals surface area contributed by atoms with Gasteiger partial charge in [0.1, 0.15) is 18.1 Å². The summed E-state index contributed by atoms with van der Waals surface area (Å²) in [5, 5.41) is 4.03. The van der Waals surface area contributed by atoms with Crippen LogP contribution in [0.3, 0.4) is 0 Å². The lowest BCUT2D eigenvalue weighted by Gasteiger charge is -2.09. The van der Waals surface area contributed by atoms with E-state index in [1.807, 2.05) is 47.9 Å². The number of hydrogen-bond acceptors (Lipinski definition) is 2. The molecule has 0 bridgehead atoms. The van der Waals surface area contributed by atoms with Crippen molar-refractivity contribution in [2.75, 3.05) is 6.61 Å². The summed E-state index contributed by atoms with van der Waals surface area (Å²) >= 11 is 0. The van der Waals surface area contributed by atoms with Crippen molar-refractivity contribution < 1.29 is 9.53 Å². The number of rotatable bonds is 7. The second-order valence-electron chi connectivity index (χ2n) is 5.75. The summed E-state index contributed by atoms with van der Waals surface area (Å²) in [6.07, 6.45) is 7.91. The molecule has 0 unspecified atom stereocenters. The van der Waals surface area contributed by atoms with Gasteiger partial charge in [0.05, 0.1) is 5.52 Å². The quantitative estimate of drug-likeness (QED) is 0.793. The summed E-state index contributed by atoms with van der Waals surface area (Å²) in [7, 11) is 0. The van der Waals surface area contributed by atoms with E-state index in [0.29, 0.717) is 24.9 Å². The van der Waals surface area contributed by atoms with Crippen LogP contribution in [0.1, 0.15) is 30.3 Å². The lowest BCUT2D eigenvalue weighted by atomic mass is 10.2. The number of aromatic nitrogens is 1. The molecule has 120 valence electrons. The molecule has 1 aliphatic carbocycles. The van der Waals surface area contributed by atoms with Crippen LogP contribution in [0.4, 0.5) is 0 Å². The van der Waals surface area contributed by atoms with Crippen LogP contribution in [-0.4, -0.2) is 23.1 Å². The molecule has 0 radical (unpaired) electrons. The van der Waals surface area contributed by atoms with Crippen molar-refractivity contribution in [2.24, 2.45) is 0 Å². The van der Waals surface area contributed by atoms with Gasteiger partial charge in [-0.2, -0.15) is 0 Å². The van der Waals surface area contributed by atoms with E-state index in [9.17, 15) is 4.79 Å². The summed E-state index contributed by atoms with van der Waals surface area (Å²) in [5.41, 5.74) is 1.69. The molecule has 0 saturated heterocycles. The van der Waals surface area contributed by atoms with Gasteiger partial charge in [-0.15, -0.1) is 0 Å². The van der Waals surface area contributed by atoms with Gasteiger partial charge in [-0.1, -0.05) is 30.9 Å². The standard InChI is InChI=1S/C19H22N2O2/c1-3-5-11-21-16-7-6-8-18(23-12-4-2)15(16)13-17(21)19(22)20-14-9-10-14/h3-8,13-14H,2,9-12H2,1H3,(H,20,22)/b5-3-. The van der Waals surface area contributed by atoms with Gasteiger partial charge in [0.15, 0.2) is 0 Å². The number of fused-ring (bicyclic) bond motifs is 1. The topological polar surface area (TPSA) is 43.3 Å². The zero-order valence-electron chi connectivity index (χ0n) is 13.4. The molecule has 1 N–H and O–H groups in total. The van der Waals surface area contributed by atoms with E-state index in [4.69, 9.17) is 4.74 Å². The van der Waals surface area contributed by atoms with Crippen LogP contribution in [-0.2, 0) is 6.54 Å². The van der Waals surface area contributed by atoms with Crippen molar-refractivity contribution in [3.05, 3.63) is 54.8 Å². The molecule has 4 nitrogen and oxygen atoms in total. The number of carbonyl (C=O) groups is 1. The van der Waals surface area contributed by atoms with Crippen molar-refractivity contribution in [1.29, 1.82) is 0 Å². The van der Waals surface area contributed by atoms with Crippen LogP contribution < -0.4 is 10.1 Å². The predicted molar refractivity (Wildman–Crippen MR) is 92.9 cm³/mol. The van der Waals surface area contributed by atoms with E-state index in [1.165, 1.54) is 0 Å². The maximum atomic E-state index is 12.6. The van der Waals surface area contributed by atoms with E-state index in [1.54, 1.807) is 6.08 Å². The Morgan fingerprint density at radius 2 is 2.30 bits per heavy atom. The largest absolute Gasteiger partial charge is 0.489 e. The zero-order valence-corrected chi connectivity index (χ0v) is 13.4. The lowest BCUT2D eigenvalue weighted by Crippen LogP contribution is -2.27. The van der Waals surface area contributed by atoms with Crippen molar-refractivity contribution in [3.63, 3.8) is 0 Å². The van der Waals surface area contributed by atoms with Crippen molar-refractivity contribution in [3.8, 4) is 5.75 Å². The molecule has 1 aromatic heterocycles. The van der Waals surface area contributed by atoms with Gasteiger partial charge >= 0.3 is 0 Å². The number of amides is 1. The first-order valence-electron chi connectivity index (χ1n) is 8.02. The Morgan fingerprint density at radius 1 is 1.48 bits per heavy atom. The number of benzene rings is 1. The molecule has 1 amide bonds. The Hall–Kier alpha value is -2.49. The van der Waals surface area contributed by atoms with Gasteiger partial charge in [0, 0.05) is 18.0 Å². The highest BCUT2D eigenvalue weighted by Gasteiger charge is 2.26. The summed E-state index contributed by atoms with van der Waals surface area (Å²) in [6, 6.07) is 8.17. The van der Waals surface area contributed by atoms with Gasteiger partial charge in [-0.05, 0) is 38.0 Å². The van der Waals surface area contributed by atoms with E-state index in [2.05, 4.69) is 11.9 Å². The van der Waals surface area contributed by atoms with Gasteiger partial charge in [-0.25, -0.2) is 0 Å². The van der Waals surface area contributed by atoms with Gasteiger partial charge < -0.3 is 14.6 Å². The zero-order chi connectivity index (χ0) is 16.2. The van der Waals surface area contributed by atoms with Gasteiger partial charge in [0.25, 0.3) is 5.91 Å². The van der Waals surface area contributed by atoms with Crippen LogP contribution >= 0.6 is 0 Å². The van der Waals surface area contributed by atoms with Gasteiger partial charge in [-0.3, -0.25) is 4.79 Å². The fourth-order valence-electron chi connectivity index (χ4n) is 2.61. The molecule has 4 heteroatoms. The second kappa shape index (κ2) is 6.73. The normalized spacial score (nSPS) is 14.3. The Morgan fingerprint density at radius 3 is 3.00 bits per heavy atom. The Labute approximate surface area is 136 Å². The lowest BCUT2D eigenvalue weighted by molar-refractivity contribution is 0.0942. The number of ether oxygens (including phenoxy) is 1. The third-order valence-corrected chi connectivity index (χ3v) is 3.93. The van der Waals surface area contributed by atoms with E-state index in [0.717, 1.165) is 29.5 Å². The van der Waals surface area contributed by atoms with E-state index >= 15 is 0 Å². The van der Waals surface area contributed by atoms with Gasteiger partial charge in [0.2, 0.25) is 0 Å². The van der Waals surface area contributed by atoms with Crippen molar-refractivity contribution in [1.82, 2.24) is 9.88 Å². The van der Waals surface area contributed by atoms with Crippen LogP contribution in [0.5, 0.6) is 5.75 Å². The molecule has 0 atom stereocenters. The minimum absolute atomic E-state index is 0.0112. The maximum absolute atomic E-state index is 12.6. The summed E-state index contributed by atoms with van der Waals surface area (Å²) < 4.78 is 7.77. The van der Waals surface area contributed by atoms with Crippen molar-refractivity contribution in [2.45, 2.75) is 32.4 Å². The fourth-order valence-corrected chi connectivity index (χ4v) is 2.61. The SMILES string of the molecule is C=CCOc1cccc2c1cc(C(=O)NC1CC1)n2C/C=C\C. The van der Waals surface area contributed by atoms with Crippen LogP contribution in [0.2, 0.25) is 0 Å². The molecular formula is C19H22N2O2. The average molecular weight is 310 g/mol. The molecule has 1 saturated carbocycles. The number of allylic oxidation sites excluding steroid dienone is 2. The maximum Gasteiger partial charge on any atom is 0.268 e. The first kappa shape index (κ1) is 15.4. The predicted octanol–water partition coefficient (Wildman–Crippen LogP) is 3.67. The molecular weight excluding hydrogens is 288 g/mol. The Kier molecular flexibility index (Phi) is 4.51. The number of nitrogens with one attached hydrogen (secondary N) is 1. The smallest absolute Gasteiger partial charge is 0.268 e. The minimum Gasteiger partial charge on any atom is -0.489 e. The Balaban J connectivity index is 2.04. The molecule has 2 aromatic rings. The fraction of sp³-hybridized carbons (Fsp3) is 0.316. The average Bonchev–Trinajstić information content (AvgIpc) is 3.29. The third kappa shape index (κ3) is 3.31. The number of nitrogens with zero attached hydrogens (tertiary/aromatic N) is 1. The molecule has 23 heavy (non-hydrogen) atoms.